The van der Waals surface area contributed by atoms with Crippen LogP contribution < -0.4 is 5.32 Å². The van der Waals surface area contributed by atoms with Crippen molar-refractivity contribution >= 4 is 17.7 Å². The molecule has 0 bridgehead atoms. The normalized spacial score (nSPS) is 25.5. The summed E-state index contributed by atoms with van der Waals surface area (Å²) in [6.07, 6.45) is 3.66. The van der Waals surface area contributed by atoms with E-state index in [1.54, 1.807) is 0 Å². The summed E-state index contributed by atoms with van der Waals surface area (Å²) >= 11 is 2.03. The van der Waals surface area contributed by atoms with Crippen molar-refractivity contribution in [2.24, 2.45) is 0 Å². The van der Waals surface area contributed by atoms with Gasteiger partial charge in [0, 0.05) is 11.3 Å². The van der Waals surface area contributed by atoms with E-state index in [-0.39, 0.29) is 5.97 Å². The number of hydrogen-bond donors (Lipinski definition) is 1. The molecule has 88 valence electrons. The second-order valence-corrected chi connectivity index (χ2v) is 5.35. The lowest BCUT2D eigenvalue weighted by Crippen LogP contribution is -2.32. The van der Waals surface area contributed by atoms with Gasteiger partial charge in [0.05, 0.1) is 13.2 Å². The topological polar surface area (TPSA) is 38.3 Å². The molecule has 4 heteroatoms. The smallest absolute Gasteiger partial charge is 0.319 e. The van der Waals surface area contributed by atoms with E-state index in [2.05, 4.69) is 12.2 Å². The van der Waals surface area contributed by atoms with E-state index in [9.17, 15) is 4.79 Å². The summed E-state index contributed by atoms with van der Waals surface area (Å²) in [6, 6.07) is 0.512. The summed E-state index contributed by atoms with van der Waals surface area (Å²) in [6.45, 7) is 4.87. The maximum Gasteiger partial charge on any atom is 0.319 e. The zero-order valence-electron chi connectivity index (χ0n) is 9.62. The first-order chi connectivity index (χ1) is 7.26. The van der Waals surface area contributed by atoms with Crippen LogP contribution in [0, 0.1) is 0 Å². The minimum atomic E-state index is -0.135. The molecule has 1 fully saturated rings. The van der Waals surface area contributed by atoms with Crippen LogP contribution >= 0.6 is 11.8 Å². The maximum atomic E-state index is 11.1. The van der Waals surface area contributed by atoms with Crippen molar-refractivity contribution in [3.63, 3.8) is 0 Å². The quantitative estimate of drug-likeness (QED) is 0.708. The van der Waals surface area contributed by atoms with E-state index in [0.717, 1.165) is 5.25 Å². The summed E-state index contributed by atoms with van der Waals surface area (Å²) in [7, 11) is 0. The largest absolute Gasteiger partial charge is 0.465 e. The van der Waals surface area contributed by atoms with Gasteiger partial charge in [-0.1, -0.05) is 6.92 Å². The molecule has 15 heavy (non-hydrogen) atoms. The van der Waals surface area contributed by atoms with Gasteiger partial charge in [0.15, 0.2) is 0 Å². The molecule has 1 saturated carbocycles. The Labute approximate surface area is 96.3 Å². The van der Waals surface area contributed by atoms with Gasteiger partial charge in [-0.2, -0.15) is 11.8 Å². The van der Waals surface area contributed by atoms with Gasteiger partial charge in [0.25, 0.3) is 0 Å². The first kappa shape index (κ1) is 12.8. The Hall–Kier alpha value is -0.220. The first-order valence-corrected chi connectivity index (χ1v) is 6.81. The lowest BCUT2D eigenvalue weighted by molar-refractivity contribution is -0.142. The zero-order chi connectivity index (χ0) is 11.1. The molecule has 2 atom stereocenters. The van der Waals surface area contributed by atoms with E-state index >= 15 is 0 Å². The van der Waals surface area contributed by atoms with Crippen molar-refractivity contribution in [1.29, 1.82) is 0 Å². The molecule has 0 aromatic heterocycles. The molecule has 0 saturated heterocycles. The number of nitrogens with one attached hydrogen (secondary N) is 1. The predicted octanol–water partition coefficient (Wildman–Crippen LogP) is 1.81. The van der Waals surface area contributed by atoms with Crippen LogP contribution in [0.3, 0.4) is 0 Å². The third kappa shape index (κ3) is 4.89. The average molecular weight is 231 g/mol. The molecule has 1 N–H and O–H groups in total. The molecule has 0 aliphatic heterocycles. The lowest BCUT2D eigenvalue weighted by atomic mass is 10.2. The molecule has 3 nitrogen and oxygen atoms in total. The summed E-state index contributed by atoms with van der Waals surface area (Å²) in [5, 5.41) is 4.05. The molecule has 0 aromatic rings. The highest BCUT2D eigenvalue weighted by Gasteiger charge is 2.24. The molecule has 2 unspecified atom stereocenters. The van der Waals surface area contributed by atoms with Gasteiger partial charge in [-0.3, -0.25) is 4.79 Å². The number of carbonyl (C=O) groups is 1. The number of carbonyl (C=O) groups excluding carboxylic acids is 1. The van der Waals surface area contributed by atoms with E-state index in [1.165, 1.54) is 25.0 Å². The van der Waals surface area contributed by atoms with Crippen LogP contribution in [0.15, 0.2) is 0 Å². The SMILES string of the molecule is CCOC(=O)CNC1CCC(SCC)C1. The van der Waals surface area contributed by atoms with Crippen molar-refractivity contribution < 1.29 is 9.53 Å². The molecule has 0 heterocycles. The molecule has 0 spiro atoms. The average Bonchev–Trinajstić information content (AvgIpc) is 2.64. The molecule has 1 aliphatic rings. The molecule has 1 aliphatic carbocycles. The Morgan fingerprint density at radius 1 is 1.47 bits per heavy atom. The standard InChI is InChI=1S/C11H21NO2S/c1-3-14-11(13)8-12-9-5-6-10(7-9)15-4-2/h9-10,12H,3-8H2,1-2H3. The fourth-order valence-corrected chi connectivity index (χ4v) is 3.09. The van der Waals surface area contributed by atoms with Gasteiger partial charge >= 0.3 is 5.97 Å². The Kier molecular flexibility index (Phi) is 6.10. The van der Waals surface area contributed by atoms with Gasteiger partial charge in [-0.15, -0.1) is 0 Å². The van der Waals surface area contributed by atoms with Crippen LogP contribution in [0.25, 0.3) is 0 Å². The Balaban J connectivity index is 2.10. The number of rotatable bonds is 6. The highest BCUT2D eigenvalue weighted by Crippen LogP contribution is 2.29. The number of thioether (sulfide) groups is 1. The molecule has 1 rings (SSSR count). The minimum Gasteiger partial charge on any atom is -0.465 e. The van der Waals surface area contributed by atoms with Gasteiger partial charge in [0.2, 0.25) is 0 Å². The van der Waals surface area contributed by atoms with Crippen LogP contribution in [0.2, 0.25) is 0 Å². The van der Waals surface area contributed by atoms with Crippen molar-refractivity contribution in [3.05, 3.63) is 0 Å². The number of ether oxygens (including phenoxy) is 1. The Morgan fingerprint density at radius 3 is 2.93 bits per heavy atom. The van der Waals surface area contributed by atoms with E-state index in [4.69, 9.17) is 4.74 Å². The monoisotopic (exact) mass is 231 g/mol. The molecule has 0 radical (unpaired) electrons. The fraction of sp³-hybridized carbons (Fsp3) is 0.909. The Bertz CT molecular complexity index is 199. The van der Waals surface area contributed by atoms with Gasteiger partial charge < -0.3 is 10.1 Å². The van der Waals surface area contributed by atoms with Crippen molar-refractivity contribution in [1.82, 2.24) is 5.32 Å². The summed E-state index contributed by atoms with van der Waals surface area (Å²) in [5.41, 5.74) is 0. The third-order valence-corrected chi connectivity index (χ3v) is 3.86. The Morgan fingerprint density at radius 2 is 2.27 bits per heavy atom. The van der Waals surface area contributed by atoms with Gasteiger partial charge in [-0.05, 0) is 31.9 Å². The first-order valence-electron chi connectivity index (χ1n) is 5.76. The summed E-state index contributed by atoms with van der Waals surface area (Å²) in [4.78, 5) is 11.1. The van der Waals surface area contributed by atoms with Crippen LogP contribution in [0.1, 0.15) is 33.1 Å². The van der Waals surface area contributed by atoms with E-state index in [0.29, 0.717) is 19.2 Å². The van der Waals surface area contributed by atoms with Crippen LogP contribution in [0.4, 0.5) is 0 Å². The van der Waals surface area contributed by atoms with E-state index < -0.39 is 0 Å². The van der Waals surface area contributed by atoms with Crippen molar-refractivity contribution in [2.75, 3.05) is 18.9 Å². The van der Waals surface area contributed by atoms with Gasteiger partial charge in [-0.25, -0.2) is 0 Å². The molecular weight excluding hydrogens is 210 g/mol. The predicted molar refractivity (Wildman–Crippen MR) is 64.2 cm³/mol. The zero-order valence-corrected chi connectivity index (χ0v) is 10.4. The molecule has 0 amide bonds. The summed E-state index contributed by atoms with van der Waals surface area (Å²) in [5.74, 6) is 1.05. The second kappa shape index (κ2) is 7.12. The number of hydrogen-bond acceptors (Lipinski definition) is 4. The fourth-order valence-electron chi connectivity index (χ4n) is 1.95. The second-order valence-electron chi connectivity index (χ2n) is 3.77. The third-order valence-electron chi connectivity index (χ3n) is 2.63. The highest BCUT2D eigenvalue weighted by molar-refractivity contribution is 7.99. The van der Waals surface area contributed by atoms with Crippen molar-refractivity contribution in [3.8, 4) is 0 Å². The van der Waals surface area contributed by atoms with Gasteiger partial charge in [0.1, 0.15) is 0 Å². The van der Waals surface area contributed by atoms with Crippen LogP contribution in [-0.4, -0.2) is 36.2 Å². The maximum absolute atomic E-state index is 11.1. The highest BCUT2D eigenvalue weighted by atomic mass is 32.2. The lowest BCUT2D eigenvalue weighted by Gasteiger charge is -2.12. The minimum absolute atomic E-state index is 0.135. The van der Waals surface area contributed by atoms with Crippen LogP contribution in [-0.2, 0) is 9.53 Å². The summed E-state index contributed by atoms with van der Waals surface area (Å²) < 4.78 is 4.87. The molecule has 0 aromatic carbocycles. The number of esters is 1. The van der Waals surface area contributed by atoms with Crippen LogP contribution in [0.5, 0.6) is 0 Å². The van der Waals surface area contributed by atoms with Crippen molar-refractivity contribution in [2.45, 2.75) is 44.4 Å². The van der Waals surface area contributed by atoms with E-state index in [1.807, 2.05) is 18.7 Å². The molecular formula is C11H21NO2S.